The van der Waals surface area contributed by atoms with E-state index in [4.69, 9.17) is 9.15 Å². The second kappa shape index (κ2) is 8.59. The number of amides is 1. The minimum Gasteiger partial charge on any atom is -0.507 e. The highest BCUT2D eigenvalue weighted by molar-refractivity contribution is 6.46. The molecule has 2 N–H and O–H groups in total. The summed E-state index contributed by atoms with van der Waals surface area (Å²) >= 11 is 0. The third-order valence-corrected chi connectivity index (χ3v) is 6.10. The van der Waals surface area contributed by atoms with E-state index in [1.54, 1.807) is 36.4 Å². The Kier molecular flexibility index (Phi) is 5.45. The van der Waals surface area contributed by atoms with Crippen LogP contribution in [0.25, 0.3) is 16.7 Å². The minimum absolute atomic E-state index is 0.0496. The van der Waals surface area contributed by atoms with Crippen LogP contribution < -0.4 is 4.74 Å². The van der Waals surface area contributed by atoms with Crippen molar-refractivity contribution in [3.63, 3.8) is 0 Å². The zero-order chi connectivity index (χ0) is 23.8. The number of nitrogens with zero attached hydrogens (tertiary/aromatic N) is 1. The predicted molar refractivity (Wildman–Crippen MR) is 127 cm³/mol. The summed E-state index contributed by atoms with van der Waals surface area (Å²) in [6.07, 6.45) is 1.53. The van der Waals surface area contributed by atoms with Crippen LogP contribution in [0.3, 0.4) is 0 Å². The summed E-state index contributed by atoms with van der Waals surface area (Å²) in [5.74, 6) is -0.434. The van der Waals surface area contributed by atoms with Crippen LogP contribution in [0.15, 0.2) is 76.9 Å². The number of fused-ring (bicyclic) bond motifs is 1. The fourth-order valence-corrected chi connectivity index (χ4v) is 4.60. The van der Waals surface area contributed by atoms with Gasteiger partial charge in [0, 0.05) is 27.7 Å². The molecule has 4 aromatic rings. The molecule has 0 saturated carbocycles. The van der Waals surface area contributed by atoms with E-state index in [2.05, 4.69) is 4.98 Å². The van der Waals surface area contributed by atoms with Gasteiger partial charge in [0.05, 0.1) is 31.0 Å². The molecule has 2 aromatic carbocycles. The number of furan rings is 1. The molecule has 1 amide bonds. The zero-order valence-electron chi connectivity index (χ0n) is 18.9. The van der Waals surface area contributed by atoms with Crippen molar-refractivity contribution in [1.29, 1.82) is 0 Å². The third kappa shape index (κ3) is 3.55. The summed E-state index contributed by atoms with van der Waals surface area (Å²) in [7, 11) is 0. The molecule has 1 aliphatic heterocycles. The number of carbonyl (C=O) groups is 2. The van der Waals surface area contributed by atoms with E-state index in [0.29, 0.717) is 23.7 Å². The van der Waals surface area contributed by atoms with Crippen molar-refractivity contribution >= 4 is 28.4 Å². The van der Waals surface area contributed by atoms with Crippen molar-refractivity contribution in [2.45, 2.75) is 26.4 Å². The number of aromatic amines is 1. The van der Waals surface area contributed by atoms with Crippen LogP contribution in [-0.2, 0) is 16.1 Å². The summed E-state index contributed by atoms with van der Waals surface area (Å²) < 4.78 is 11.0. The molecule has 0 spiro atoms. The highest BCUT2D eigenvalue weighted by Crippen LogP contribution is 2.44. The lowest BCUT2D eigenvalue weighted by atomic mass is 9.93. The van der Waals surface area contributed by atoms with Gasteiger partial charge in [-0.2, -0.15) is 0 Å². The van der Waals surface area contributed by atoms with Crippen LogP contribution in [0.1, 0.15) is 35.5 Å². The highest BCUT2D eigenvalue weighted by Gasteiger charge is 2.47. The molecule has 5 rings (SSSR count). The van der Waals surface area contributed by atoms with Crippen molar-refractivity contribution < 1.29 is 23.8 Å². The number of aliphatic hydroxyl groups excluding tert-OH is 1. The molecule has 1 saturated heterocycles. The predicted octanol–water partition coefficient (Wildman–Crippen LogP) is 5.09. The van der Waals surface area contributed by atoms with Crippen molar-refractivity contribution in [3.05, 3.63) is 95.1 Å². The maximum atomic E-state index is 13.3. The minimum atomic E-state index is -0.784. The maximum Gasteiger partial charge on any atom is 0.296 e. The fourth-order valence-electron chi connectivity index (χ4n) is 4.60. The molecule has 0 bridgehead atoms. The van der Waals surface area contributed by atoms with Crippen molar-refractivity contribution in [2.75, 3.05) is 6.61 Å². The topological polar surface area (TPSA) is 95.8 Å². The Hall–Kier alpha value is -4.26. The molecule has 7 heteroatoms. The van der Waals surface area contributed by atoms with Crippen LogP contribution in [-0.4, -0.2) is 33.3 Å². The van der Waals surface area contributed by atoms with Gasteiger partial charge in [-0.3, -0.25) is 9.59 Å². The molecule has 1 atom stereocenters. The quantitative estimate of drug-likeness (QED) is 0.239. The average Bonchev–Trinajstić information content (AvgIpc) is 3.53. The molecule has 1 unspecified atom stereocenters. The Morgan fingerprint density at radius 2 is 1.85 bits per heavy atom. The molecule has 34 heavy (non-hydrogen) atoms. The zero-order valence-corrected chi connectivity index (χ0v) is 18.9. The number of ketones is 1. The number of aryl methyl sites for hydroxylation is 1. The molecule has 172 valence electrons. The van der Waals surface area contributed by atoms with Crippen LogP contribution in [0.5, 0.6) is 5.75 Å². The van der Waals surface area contributed by atoms with E-state index in [0.717, 1.165) is 22.2 Å². The Bertz CT molecular complexity index is 1400. The highest BCUT2D eigenvalue weighted by atomic mass is 16.5. The number of rotatable bonds is 6. The number of para-hydroxylation sites is 1. The van der Waals surface area contributed by atoms with E-state index in [1.165, 1.54) is 11.2 Å². The molecular weight excluding hydrogens is 432 g/mol. The molecule has 1 aliphatic rings. The number of carbonyl (C=O) groups excluding carboxylic acids is 2. The first-order chi connectivity index (χ1) is 16.5. The number of aromatic nitrogens is 1. The van der Waals surface area contributed by atoms with Gasteiger partial charge in [-0.25, -0.2) is 0 Å². The summed E-state index contributed by atoms with van der Waals surface area (Å²) in [5.41, 5.74) is 2.96. The lowest BCUT2D eigenvalue weighted by Crippen LogP contribution is -2.29. The largest absolute Gasteiger partial charge is 0.507 e. The molecule has 0 radical (unpaired) electrons. The van der Waals surface area contributed by atoms with Gasteiger partial charge < -0.3 is 24.1 Å². The number of hydrogen-bond donors (Lipinski definition) is 2. The normalized spacial score (nSPS) is 17.6. The van der Waals surface area contributed by atoms with E-state index in [1.807, 2.05) is 38.1 Å². The fraction of sp³-hybridized carbons (Fsp3) is 0.185. The Balaban J connectivity index is 1.70. The van der Waals surface area contributed by atoms with Crippen LogP contribution in [0.4, 0.5) is 0 Å². The first kappa shape index (κ1) is 21.6. The van der Waals surface area contributed by atoms with Crippen molar-refractivity contribution in [2.24, 2.45) is 0 Å². The summed E-state index contributed by atoms with van der Waals surface area (Å²) in [6, 6.07) is 17.2. The standard InChI is InChI=1S/C27H24N2O5/c1-3-33-18-12-10-17(11-13-18)25(30)23-24(22-16(2)28-21-9-5-4-8-20(21)22)29(27(32)26(23)31)15-19-7-6-14-34-19/h4-14,24,28,30H,3,15H2,1-2H3/b25-23+. The van der Waals surface area contributed by atoms with Gasteiger partial charge in [0.1, 0.15) is 17.3 Å². The first-order valence-corrected chi connectivity index (χ1v) is 11.1. The number of benzene rings is 2. The summed E-state index contributed by atoms with van der Waals surface area (Å²) in [5, 5.41) is 12.2. The van der Waals surface area contributed by atoms with Gasteiger partial charge in [-0.15, -0.1) is 0 Å². The molecular formula is C27H24N2O5. The molecule has 0 aliphatic carbocycles. The van der Waals surface area contributed by atoms with Crippen LogP contribution >= 0.6 is 0 Å². The number of aliphatic hydroxyl groups is 1. The second-order valence-corrected chi connectivity index (χ2v) is 8.17. The molecule has 1 fully saturated rings. The van der Waals surface area contributed by atoms with Crippen LogP contribution in [0, 0.1) is 6.92 Å². The summed E-state index contributed by atoms with van der Waals surface area (Å²) in [4.78, 5) is 31.3. The molecule has 2 aromatic heterocycles. The molecule has 3 heterocycles. The average molecular weight is 456 g/mol. The Morgan fingerprint density at radius 1 is 1.09 bits per heavy atom. The number of likely N-dealkylation sites (tertiary alicyclic amines) is 1. The maximum absolute atomic E-state index is 13.3. The number of Topliss-reactive ketones (excluding diaryl/α,β-unsaturated/α-hetero) is 1. The monoisotopic (exact) mass is 456 g/mol. The lowest BCUT2D eigenvalue weighted by molar-refractivity contribution is -0.140. The number of hydrogen-bond acceptors (Lipinski definition) is 5. The summed E-state index contributed by atoms with van der Waals surface area (Å²) in [6.45, 7) is 4.40. The van der Waals surface area contributed by atoms with Crippen molar-refractivity contribution in [1.82, 2.24) is 9.88 Å². The van der Waals surface area contributed by atoms with Crippen LogP contribution in [0.2, 0.25) is 0 Å². The van der Waals surface area contributed by atoms with Gasteiger partial charge in [0.2, 0.25) is 0 Å². The Morgan fingerprint density at radius 3 is 2.56 bits per heavy atom. The van der Waals surface area contributed by atoms with E-state index in [9.17, 15) is 14.7 Å². The Labute approximate surface area is 196 Å². The van der Waals surface area contributed by atoms with Crippen molar-refractivity contribution in [3.8, 4) is 5.75 Å². The van der Waals surface area contributed by atoms with Gasteiger partial charge in [0.15, 0.2) is 0 Å². The second-order valence-electron chi connectivity index (χ2n) is 8.17. The number of nitrogens with one attached hydrogen (secondary N) is 1. The molecule has 7 nitrogen and oxygen atoms in total. The smallest absolute Gasteiger partial charge is 0.296 e. The first-order valence-electron chi connectivity index (χ1n) is 11.1. The SMILES string of the molecule is CCOc1ccc(/C(O)=C2\C(=O)C(=O)N(Cc3ccco3)C2c2c(C)[nH]c3ccccc23)cc1. The van der Waals surface area contributed by atoms with Gasteiger partial charge in [-0.05, 0) is 56.3 Å². The van der Waals surface area contributed by atoms with E-state index in [-0.39, 0.29) is 17.9 Å². The van der Waals surface area contributed by atoms with E-state index >= 15 is 0 Å². The third-order valence-electron chi connectivity index (χ3n) is 6.10. The lowest BCUT2D eigenvalue weighted by Gasteiger charge is -2.25. The van der Waals surface area contributed by atoms with Gasteiger partial charge in [-0.1, -0.05) is 18.2 Å². The van der Waals surface area contributed by atoms with Gasteiger partial charge >= 0.3 is 0 Å². The number of H-pyrrole nitrogens is 1. The van der Waals surface area contributed by atoms with Gasteiger partial charge in [0.25, 0.3) is 11.7 Å². The number of ether oxygens (including phenoxy) is 1. The van der Waals surface area contributed by atoms with E-state index < -0.39 is 17.7 Å².